The molecule has 0 aromatic carbocycles. The Labute approximate surface area is 346 Å². The number of ketones is 3. The number of carbonyl (C=O) groups excluding carboxylic acids is 5. The number of Topliss-reactive ketones (excluding diaryl/α,β-unsaturated/α-hetero) is 3. The Hall–Kier alpha value is -2.96. The molecule has 0 saturated heterocycles. The molecule has 57 heavy (non-hydrogen) atoms. The lowest BCUT2D eigenvalue weighted by Gasteiger charge is -2.25. The molecule has 6 N–H and O–H groups in total. The minimum atomic E-state index is -0.987. The molecule has 0 bridgehead atoms. The number of aromatic amines is 1. The molecule has 1 aromatic rings. The van der Waals surface area contributed by atoms with E-state index in [9.17, 15) is 24.0 Å². The van der Waals surface area contributed by atoms with E-state index < -0.39 is 23.3 Å². The highest BCUT2D eigenvalue weighted by Crippen LogP contribution is 2.28. The number of H-pyrrole nitrogens is 1. The van der Waals surface area contributed by atoms with Gasteiger partial charge in [-0.2, -0.15) is 0 Å². The minimum absolute atomic E-state index is 0. The molecular formula is C45H83N5O7. The fraction of sp³-hybridized carbons (Fsp3) is 0.822. The molecule has 0 aliphatic rings. The van der Waals surface area contributed by atoms with E-state index in [4.69, 9.17) is 20.9 Å². The van der Waals surface area contributed by atoms with Crippen molar-refractivity contribution in [3.05, 3.63) is 18.2 Å². The molecule has 12 heteroatoms. The second-order valence-corrected chi connectivity index (χ2v) is 16.7. The zero-order valence-electron chi connectivity index (χ0n) is 36.2. The average molecular weight is 806 g/mol. The maximum atomic E-state index is 13.1. The zero-order chi connectivity index (χ0) is 42.0. The summed E-state index contributed by atoms with van der Waals surface area (Å²) in [5.74, 6) is -1.61. The van der Waals surface area contributed by atoms with Gasteiger partial charge in [0.15, 0.2) is 5.78 Å². The number of rotatable bonds is 41. The van der Waals surface area contributed by atoms with E-state index in [1.54, 1.807) is 20.0 Å². The molecule has 12 nitrogen and oxygen atoms in total. The van der Waals surface area contributed by atoms with Crippen LogP contribution in [0.1, 0.15) is 188 Å². The van der Waals surface area contributed by atoms with Gasteiger partial charge in [-0.05, 0) is 25.7 Å². The number of nitrogens with two attached hydrogens (primary N) is 2. The molecule has 0 spiro atoms. The van der Waals surface area contributed by atoms with Crippen molar-refractivity contribution >= 4 is 29.2 Å². The molecule has 1 heterocycles. The van der Waals surface area contributed by atoms with Crippen LogP contribution in [0.4, 0.5) is 0 Å². The Kier molecular flexibility index (Phi) is 31.0. The van der Waals surface area contributed by atoms with Crippen molar-refractivity contribution in [2.45, 2.75) is 194 Å². The van der Waals surface area contributed by atoms with E-state index in [1.165, 1.54) is 103 Å². The fourth-order valence-electron chi connectivity index (χ4n) is 6.98. The molecule has 330 valence electrons. The van der Waals surface area contributed by atoms with Gasteiger partial charge in [-0.3, -0.25) is 24.0 Å². The molecule has 0 unspecified atom stereocenters. The molecule has 0 radical (unpaired) electrons. The van der Waals surface area contributed by atoms with Crippen molar-refractivity contribution in [1.82, 2.24) is 15.3 Å². The Morgan fingerprint density at radius 1 is 0.772 bits per heavy atom. The van der Waals surface area contributed by atoms with Crippen molar-refractivity contribution in [1.29, 1.82) is 0 Å². The first kappa shape index (κ1) is 52.1. The van der Waals surface area contributed by atoms with Crippen LogP contribution < -0.4 is 16.8 Å². The van der Waals surface area contributed by atoms with Gasteiger partial charge in [0.2, 0.25) is 11.8 Å². The van der Waals surface area contributed by atoms with Gasteiger partial charge in [0, 0.05) is 69.9 Å². The van der Waals surface area contributed by atoms with Crippen molar-refractivity contribution in [2.24, 2.45) is 22.8 Å². The third-order valence-electron chi connectivity index (χ3n) is 10.8. The molecule has 0 saturated carbocycles. The number of imidazole rings is 1. The summed E-state index contributed by atoms with van der Waals surface area (Å²) in [6.07, 6.45) is 29.5. The standard InChI is InChI=1S/C45H81N5O7.H2/c1-4-5-6-7-8-9-10-11-12-13-14-15-16-17-18-19-20-25-39(51)26-23-28-56-29-30-57-35-43(54)49-27-22-21-24-37(44(47)55)31-42(53)45(2,3)33-41(52)40(46)32-38-34-48-36-50-38;/h34,36-37,40H,4-33,35,46H2,1-3H3,(H2,47,55)(H,48,50)(H,49,54);1H/t37-,40+;/m1./s1. The van der Waals surface area contributed by atoms with Crippen LogP contribution in [0.15, 0.2) is 12.5 Å². The number of unbranched alkanes of at least 4 members (excludes halogenated alkanes) is 17. The number of carbonyl (C=O) groups is 5. The monoisotopic (exact) mass is 806 g/mol. The van der Waals surface area contributed by atoms with Gasteiger partial charge < -0.3 is 31.2 Å². The smallest absolute Gasteiger partial charge is 0.245 e. The number of aromatic nitrogens is 2. The first-order valence-electron chi connectivity index (χ1n) is 22.5. The molecule has 2 amide bonds. The molecule has 2 atom stereocenters. The third kappa shape index (κ3) is 29.0. The highest BCUT2D eigenvalue weighted by Gasteiger charge is 2.34. The highest BCUT2D eigenvalue weighted by molar-refractivity contribution is 5.94. The van der Waals surface area contributed by atoms with Gasteiger partial charge in [0.05, 0.1) is 25.6 Å². The van der Waals surface area contributed by atoms with Gasteiger partial charge in [-0.1, -0.05) is 130 Å². The second kappa shape index (κ2) is 34.0. The largest absolute Gasteiger partial charge is 0.379 e. The number of hydrogen-bond donors (Lipinski definition) is 4. The van der Waals surface area contributed by atoms with Crippen molar-refractivity contribution < 1.29 is 34.9 Å². The fourth-order valence-corrected chi connectivity index (χ4v) is 6.98. The number of ether oxygens (including phenoxy) is 2. The summed E-state index contributed by atoms with van der Waals surface area (Å²) in [6, 6.07) is -0.764. The van der Waals surface area contributed by atoms with E-state index >= 15 is 0 Å². The maximum absolute atomic E-state index is 13.1. The van der Waals surface area contributed by atoms with Gasteiger partial charge in [-0.25, -0.2) is 4.98 Å². The third-order valence-corrected chi connectivity index (χ3v) is 10.8. The van der Waals surface area contributed by atoms with Gasteiger partial charge in [0.1, 0.15) is 18.2 Å². The first-order valence-corrected chi connectivity index (χ1v) is 22.5. The lowest BCUT2D eigenvalue weighted by atomic mass is 9.77. The number of amides is 2. The number of nitrogens with zero attached hydrogens (tertiary/aromatic N) is 1. The lowest BCUT2D eigenvalue weighted by Crippen LogP contribution is -2.39. The van der Waals surface area contributed by atoms with Crippen LogP contribution in [0, 0.1) is 11.3 Å². The van der Waals surface area contributed by atoms with Gasteiger partial charge in [-0.15, -0.1) is 0 Å². The molecule has 1 rings (SSSR count). The Balaban J connectivity index is 0.0000325. The summed E-state index contributed by atoms with van der Waals surface area (Å²) in [7, 11) is 0. The van der Waals surface area contributed by atoms with Crippen LogP contribution >= 0.6 is 0 Å². The van der Waals surface area contributed by atoms with Crippen molar-refractivity contribution in [3.8, 4) is 0 Å². The van der Waals surface area contributed by atoms with Crippen LogP contribution in [0.25, 0.3) is 0 Å². The quantitative estimate of drug-likeness (QED) is 0.0471. The lowest BCUT2D eigenvalue weighted by molar-refractivity contribution is -0.135. The summed E-state index contributed by atoms with van der Waals surface area (Å²) in [4.78, 5) is 69.0. The summed E-state index contributed by atoms with van der Waals surface area (Å²) in [6.45, 7) is 7.10. The zero-order valence-corrected chi connectivity index (χ0v) is 36.2. The van der Waals surface area contributed by atoms with E-state index in [-0.39, 0.29) is 45.0 Å². The van der Waals surface area contributed by atoms with E-state index in [0.29, 0.717) is 70.5 Å². The maximum Gasteiger partial charge on any atom is 0.245 e. The summed E-state index contributed by atoms with van der Waals surface area (Å²) in [5.41, 5.74) is 11.4. The Morgan fingerprint density at radius 3 is 1.89 bits per heavy atom. The first-order chi connectivity index (χ1) is 27.5. The Morgan fingerprint density at radius 2 is 1.33 bits per heavy atom. The Bertz CT molecular complexity index is 1210. The predicted molar refractivity (Wildman–Crippen MR) is 230 cm³/mol. The summed E-state index contributed by atoms with van der Waals surface area (Å²) in [5, 5.41) is 2.79. The second-order valence-electron chi connectivity index (χ2n) is 16.7. The van der Waals surface area contributed by atoms with Gasteiger partial charge >= 0.3 is 0 Å². The molecular weight excluding hydrogens is 723 g/mol. The SMILES string of the molecule is CCCCCCCCCCCCCCCCCCCC(=O)CCCOCCOCC(=O)NCCCC[C@H](CC(=O)C(C)(C)CC(=O)[C@@H](N)Cc1cnc[nH]1)C(N)=O.[HH]. The molecule has 1 aromatic heterocycles. The normalized spacial score (nSPS) is 12.7. The molecule has 0 fully saturated rings. The summed E-state index contributed by atoms with van der Waals surface area (Å²) >= 11 is 0. The topological polar surface area (TPSA) is 197 Å². The van der Waals surface area contributed by atoms with Crippen molar-refractivity contribution in [3.63, 3.8) is 0 Å². The van der Waals surface area contributed by atoms with E-state index in [1.807, 2.05) is 0 Å². The van der Waals surface area contributed by atoms with E-state index in [0.717, 1.165) is 18.5 Å². The van der Waals surface area contributed by atoms with Crippen LogP contribution in [-0.2, 0) is 39.9 Å². The van der Waals surface area contributed by atoms with Crippen LogP contribution in [0.3, 0.4) is 0 Å². The minimum Gasteiger partial charge on any atom is -0.379 e. The molecule has 0 aliphatic heterocycles. The van der Waals surface area contributed by atoms with Crippen LogP contribution in [-0.4, -0.2) is 78.1 Å². The van der Waals surface area contributed by atoms with Crippen LogP contribution in [0.2, 0.25) is 0 Å². The number of primary amides is 1. The van der Waals surface area contributed by atoms with Gasteiger partial charge in [0.25, 0.3) is 0 Å². The number of hydrogen-bond acceptors (Lipinski definition) is 9. The van der Waals surface area contributed by atoms with Crippen molar-refractivity contribution in [2.75, 3.05) is 33.0 Å². The van der Waals surface area contributed by atoms with E-state index in [2.05, 4.69) is 22.2 Å². The number of nitrogens with one attached hydrogen (secondary N) is 2. The molecule has 0 aliphatic carbocycles. The van der Waals surface area contributed by atoms with Crippen LogP contribution in [0.5, 0.6) is 0 Å². The highest BCUT2D eigenvalue weighted by atomic mass is 16.5. The summed E-state index contributed by atoms with van der Waals surface area (Å²) < 4.78 is 11.0. The predicted octanol–water partition coefficient (Wildman–Crippen LogP) is 8.28. The average Bonchev–Trinajstić information content (AvgIpc) is 3.69.